The van der Waals surface area contributed by atoms with Crippen molar-refractivity contribution in [2.45, 2.75) is 170 Å². The van der Waals surface area contributed by atoms with Gasteiger partial charge in [-0.25, -0.2) is 4.79 Å². The lowest BCUT2D eigenvalue weighted by Gasteiger charge is -2.47. The Morgan fingerprint density at radius 3 is 1.96 bits per heavy atom. The number of carbonyl (C=O) groups excluding carboxylic acids is 7. The number of benzene rings is 5. The summed E-state index contributed by atoms with van der Waals surface area (Å²) in [7, 11) is 0. The number of primary amides is 1. The van der Waals surface area contributed by atoms with Gasteiger partial charge in [0.15, 0.2) is 41.5 Å². The number of ketones is 2. The van der Waals surface area contributed by atoms with Gasteiger partial charge in [0.1, 0.15) is 77.4 Å². The number of Topliss-reactive ketones (excluding diaryl/α,β-unsaturated/α-hetero) is 2. The van der Waals surface area contributed by atoms with Gasteiger partial charge >= 0.3 is 5.97 Å². The number of amides is 5. The van der Waals surface area contributed by atoms with Gasteiger partial charge in [0.2, 0.25) is 41.6 Å². The fraction of sp³-hybridized carbons (Fsp3) is 0.449. The van der Waals surface area contributed by atoms with Crippen LogP contribution < -0.4 is 46.9 Å². The molecule has 0 saturated carbocycles. The van der Waals surface area contributed by atoms with Crippen molar-refractivity contribution in [2.75, 3.05) is 6.61 Å². The molecule has 542 valence electrons. The molecule has 0 aromatic heterocycles. The Balaban J connectivity index is 1.24. The number of carboxylic acids is 1. The molecule has 7 aliphatic heterocycles. The van der Waals surface area contributed by atoms with E-state index in [0.29, 0.717) is 12.8 Å². The number of nitrogens with one attached hydrogen (secondary N) is 4. The second-order valence-electron chi connectivity index (χ2n) is 26.6. The van der Waals surface area contributed by atoms with Crippen molar-refractivity contribution in [1.82, 2.24) is 21.3 Å². The third-order valence-corrected chi connectivity index (χ3v) is 19.2. The van der Waals surface area contributed by atoms with E-state index in [2.05, 4.69) is 21.3 Å². The van der Waals surface area contributed by atoms with Crippen molar-refractivity contribution < 1.29 is 118 Å². The number of aliphatic carboxylic acids is 1. The predicted octanol–water partition coefficient (Wildman–Crippen LogP) is 3.52. The summed E-state index contributed by atoms with van der Waals surface area (Å²) in [6.45, 7) is 7.55. The lowest BCUT2D eigenvalue weighted by molar-refractivity contribution is -0.333. The van der Waals surface area contributed by atoms with Crippen LogP contribution in [0, 0.1) is 17.8 Å². The Bertz CT molecular complexity index is 4060. The number of rotatable bonds is 13. The van der Waals surface area contributed by atoms with Crippen molar-refractivity contribution in [3.63, 3.8) is 0 Å². The summed E-state index contributed by atoms with van der Waals surface area (Å²) in [4.78, 5) is 117. The number of phenols is 3. The van der Waals surface area contributed by atoms with Crippen LogP contribution in [0.4, 0.5) is 0 Å². The number of hydrogen-bond acceptors (Lipinski definition) is 24. The summed E-state index contributed by atoms with van der Waals surface area (Å²) in [6, 6.07) is 5.66. The molecule has 0 radical (unpaired) electrons. The molecule has 18 N–H and O–H groups in total. The van der Waals surface area contributed by atoms with E-state index in [0.717, 1.165) is 54.6 Å². The normalized spacial score (nSPS) is 29.6. The Labute approximate surface area is 586 Å². The number of aliphatic hydroxyl groups is 6. The largest absolute Gasteiger partial charge is 0.508 e. The number of fused-ring (bicyclic) bond motifs is 15. The fourth-order valence-electron chi connectivity index (χ4n) is 13.2. The van der Waals surface area contributed by atoms with Gasteiger partial charge in [-0.2, -0.15) is 0 Å². The first kappa shape index (κ1) is 74.9. The Hall–Kier alpha value is -8.76. The zero-order valence-electron chi connectivity index (χ0n) is 54.9. The number of carboxylic acid groups (broad SMARTS) is 1. The molecule has 32 heteroatoms. The van der Waals surface area contributed by atoms with Crippen molar-refractivity contribution in [1.29, 1.82) is 0 Å². The minimum Gasteiger partial charge on any atom is -0.508 e. The van der Waals surface area contributed by atoms with Crippen molar-refractivity contribution in [3.8, 4) is 57.1 Å². The summed E-state index contributed by atoms with van der Waals surface area (Å²) < 4.78 is 38.5. The van der Waals surface area contributed by atoms with Gasteiger partial charge in [0.25, 0.3) is 0 Å². The van der Waals surface area contributed by atoms with Gasteiger partial charge in [-0.05, 0) is 109 Å². The Morgan fingerprint density at radius 2 is 1.38 bits per heavy atom. The number of halogens is 2. The lowest BCUT2D eigenvalue weighted by atomic mass is 9.84. The van der Waals surface area contributed by atoms with Crippen LogP contribution in [0.25, 0.3) is 11.1 Å². The van der Waals surface area contributed by atoms with Crippen molar-refractivity contribution >= 4 is 70.3 Å². The Morgan fingerprint density at radius 1 is 0.743 bits per heavy atom. The lowest BCUT2D eigenvalue weighted by Crippen LogP contribution is -2.64. The van der Waals surface area contributed by atoms with Gasteiger partial charge < -0.3 is 112 Å². The molecule has 7 aliphatic rings. The molecule has 5 aromatic carbocycles. The van der Waals surface area contributed by atoms with Crippen LogP contribution in [-0.2, 0) is 52.6 Å². The van der Waals surface area contributed by atoms with E-state index in [1.54, 1.807) is 6.92 Å². The molecule has 7 heterocycles. The molecule has 0 spiro atoms. The van der Waals surface area contributed by atoms with Crippen LogP contribution in [0.1, 0.15) is 131 Å². The number of hydrogen-bond donors (Lipinski definition) is 16. The van der Waals surface area contributed by atoms with Gasteiger partial charge in [0.05, 0.1) is 40.7 Å². The molecule has 4 unspecified atom stereocenters. The maximum Gasteiger partial charge on any atom is 0.330 e. The molecule has 11 bridgehead atoms. The quantitative estimate of drug-likeness (QED) is 0.0801. The summed E-state index contributed by atoms with van der Waals surface area (Å²) in [5, 5.41) is 123. The van der Waals surface area contributed by atoms with Crippen LogP contribution in [0.3, 0.4) is 0 Å². The van der Waals surface area contributed by atoms with E-state index in [1.807, 2.05) is 13.8 Å². The summed E-state index contributed by atoms with van der Waals surface area (Å²) in [5.41, 5.74) is 8.53. The molecular weight excluding hydrogens is 1370 g/mol. The van der Waals surface area contributed by atoms with Gasteiger partial charge in [-0.15, -0.1) is 0 Å². The van der Waals surface area contributed by atoms with E-state index in [9.17, 15) is 75.0 Å². The number of aromatic hydroxyl groups is 3. The van der Waals surface area contributed by atoms with E-state index < -0.39 is 238 Å². The third-order valence-electron chi connectivity index (χ3n) is 18.6. The number of ether oxygens (including phenoxy) is 6. The van der Waals surface area contributed by atoms with Gasteiger partial charge in [0, 0.05) is 59.9 Å². The zero-order chi connectivity index (χ0) is 73.5. The first-order chi connectivity index (χ1) is 47.7. The molecule has 0 aliphatic carbocycles. The Kier molecular flexibility index (Phi) is 22.6. The molecule has 12 rings (SSSR count). The minimum atomic E-state index is -2.24. The zero-order valence-corrected chi connectivity index (χ0v) is 56.5. The molecule has 5 aromatic rings. The molecule has 101 heavy (non-hydrogen) atoms. The first-order valence-corrected chi connectivity index (χ1v) is 33.2. The monoisotopic (exact) mass is 1440 g/mol. The third kappa shape index (κ3) is 16.0. The highest BCUT2D eigenvalue weighted by molar-refractivity contribution is 6.32. The van der Waals surface area contributed by atoms with E-state index in [1.165, 1.54) is 38.1 Å². The topological polar surface area (TPSA) is 494 Å². The van der Waals surface area contributed by atoms with E-state index in [4.69, 9.17) is 63.1 Å². The molecular formula is C69H78Cl2N6O24. The number of nitrogens with two attached hydrogens (primary N) is 2. The average Bonchev–Trinajstić information content (AvgIpc) is 0.775. The second kappa shape index (κ2) is 30.4. The van der Waals surface area contributed by atoms with Crippen LogP contribution in [0.2, 0.25) is 10.0 Å². The molecule has 5 amide bonds. The predicted molar refractivity (Wildman–Crippen MR) is 353 cm³/mol. The van der Waals surface area contributed by atoms with E-state index >= 15 is 14.4 Å². The maximum atomic E-state index is 16.2. The van der Waals surface area contributed by atoms with Gasteiger partial charge in [-0.3, -0.25) is 33.6 Å². The van der Waals surface area contributed by atoms with Crippen LogP contribution in [-0.4, -0.2) is 172 Å². The fourth-order valence-corrected chi connectivity index (χ4v) is 13.7. The summed E-state index contributed by atoms with van der Waals surface area (Å²) in [5.74, 6) is -18.9. The van der Waals surface area contributed by atoms with Crippen molar-refractivity contribution in [2.24, 2.45) is 29.2 Å². The van der Waals surface area contributed by atoms with Crippen molar-refractivity contribution in [3.05, 3.63) is 117 Å². The molecule has 2 saturated heterocycles. The van der Waals surface area contributed by atoms with Crippen LogP contribution in [0.5, 0.6) is 46.0 Å². The highest BCUT2D eigenvalue weighted by atomic mass is 35.5. The average molecular weight is 1450 g/mol. The number of carbonyl (C=O) groups is 8. The number of aliphatic hydroxyl groups excluding tert-OH is 6. The first-order valence-electron chi connectivity index (χ1n) is 32.4. The molecule has 30 nitrogen and oxygen atoms in total. The van der Waals surface area contributed by atoms with Crippen LogP contribution >= 0.6 is 23.2 Å². The molecule has 2 fully saturated rings. The van der Waals surface area contributed by atoms with Crippen LogP contribution in [0.15, 0.2) is 78.9 Å². The SMILES string of the molecule is CC[C@H](CC(C)C)C(=O)N[C@H]1C(=O)C[C@@H](CC(N)=O)C(=O)N[C@H]2C(=O)C[C@H]3C(=O)N[C@H](C(=O)N[C@H](C(=O)O)c4cc(O)cc(O)c4-c4cc3ccc4O)[C@H](O)c3ccc(c(Cl)c3)Oc3cc2cc(c3O[C@@H]2OC(CO)[C@@H](O)C(O)C2O[C@H]2CC(C)(N)[C@H](O)[C@H](C)O2)Oc2ccc(cc2Cl)[C@H]1O. The van der Waals surface area contributed by atoms with E-state index in [-0.39, 0.29) is 51.1 Å². The smallest absolute Gasteiger partial charge is 0.330 e. The molecule has 18 atom stereocenters. The highest BCUT2D eigenvalue weighted by Crippen LogP contribution is 2.50. The summed E-state index contributed by atoms with van der Waals surface area (Å²) in [6.07, 6.45) is -19.8. The standard InChI is InChI=1S/C69H78Cl2N6O24/c1-6-28(13-26(2)3)63(90)76-54-42(82)17-33(20-49(72)84)64(91)74-52-32-18-46(97-44-11-8-30(56(54)85)15-38(44)70)60(101-68-61(59(88)58(87)48(25-78)99-68)100-50-24-69(5,73)62(89)27(4)96-50)47(19-32)98-45-12-9-31(16-39(45)71)57(86)55-66(93)75-53(67(94)95)37-21-34(79)22-41(81)51(37)36-14-29(7-10-40(36)80)35(23-43(52)83)65(92)77-55/h7-12,14-16,18-19,21-22,26-28,33,35,48,50,52-59,61-62,68,78-81,85-89H,6,13,17,20,23-25,73H2,1-5H3,(H2,72,84)(H,74,91)(H,75,93)(H,76,90)(H,77,92)(H,94,95)/t27-,28+,33-,35+,48?,50-,52+,53-,54-,55-,56+,57+,58+,59?,61?,62+,68-,69?/m0/s1. The minimum absolute atomic E-state index is 0.0143. The summed E-state index contributed by atoms with van der Waals surface area (Å²) >= 11 is 14.2. The maximum absolute atomic E-state index is 16.2. The van der Waals surface area contributed by atoms with Gasteiger partial charge in [-0.1, -0.05) is 62.2 Å². The number of phenolic OH excluding ortho intramolecular Hbond substituents is 3. The highest BCUT2D eigenvalue weighted by Gasteiger charge is 2.51. The second-order valence-corrected chi connectivity index (χ2v) is 27.4.